The van der Waals surface area contributed by atoms with Gasteiger partial charge in [-0.15, -0.1) is 0 Å². The lowest BCUT2D eigenvalue weighted by molar-refractivity contribution is -0.134. The number of aliphatic hydroxyl groups is 1. The van der Waals surface area contributed by atoms with Gasteiger partial charge in [-0.3, -0.25) is 9.78 Å². The largest absolute Gasteiger partial charge is 0.392 e. The molecule has 2 N–H and O–H groups in total. The Kier molecular flexibility index (Phi) is 3.48. The standard InChI is InChI=1S/C14H19N3O2/c18-11-8-12(16-9-11)14(19)17-7-1-2-13(17)10-3-5-15-6-4-10/h3-6,11-13,16,18H,1-2,7-9H2. The summed E-state index contributed by atoms with van der Waals surface area (Å²) in [6.07, 6.45) is 5.72. The van der Waals surface area contributed by atoms with Crippen LogP contribution in [0.15, 0.2) is 24.5 Å². The Hall–Kier alpha value is -1.46. The number of amides is 1. The molecule has 1 aromatic heterocycles. The van der Waals surface area contributed by atoms with E-state index in [4.69, 9.17) is 0 Å². The monoisotopic (exact) mass is 261 g/mol. The fourth-order valence-corrected chi connectivity index (χ4v) is 3.07. The third-order valence-corrected chi connectivity index (χ3v) is 4.03. The lowest BCUT2D eigenvalue weighted by atomic mass is 10.1. The number of nitrogens with one attached hydrogen (secondary N) is 1. The molecule has 3 heterocycles. The number of pyridine rings is 1. The predicted octanol–water partition coefficient (Wildman–Crippen LogP) is 0.468. The summed E-state index contributed by atoms with van der Waals surface area (Å²) in [5.41, 5.74) is 1.15. The van der Waals surface area contributed by atoms with Crippen molar-refractivity contribution in [3.8, 4) is 0 Å². The highest BCUT2D eigenvalue weighted by Gasteiger charge is 2.36. The highest BCUT2D eigenvalue weighted by Crippen LogP contribution is 2.32. The molecule has 0 bridgehead atoms. The maximum Gasteiger partial charge on any atom is 0.240 e. The molecule has 1 amide bonds. The summed E-state index contributed by atoms with van der Waals surface area (Å²) in [5, 5.41) is 12.6. The van der Waals surface area contributed by atoms with E-state index in [1.165, 1.54) is 0 Å². The number of likely N-dealkylation sites (tertiary alicyclic amines) is 1. The summed E-state index contributed by atoms with van der Waals surface area (Å²) >= 11 is 0. The summed E-state index contributed by atoms with van der Waals surface area (Å²) in [6.45, 7) is 1.32. The van der Waals surface area contributed by atoms with E-state index in [1.807, 2.05) is 17.0 Å². The van der Waals surface area contributed by atoms with Gasteiger partial charge in [-0.1, -0.05) is 0 Å². The molecule has 5 nitrogen and oxygen atoms in total. The van der Waals surface area contributed by atoms with E-state index in [9.17, 15) is 9.90 Å². The van der Waals surface area contributed by atoms with Crippen molar-refractivity contribution in [2.45, 2.75) is 37.5 Å². The second-order valence-corrected chi connectivity index (χ2v) is 5.32. The zero-order chi connectivity index (χ0) is 13.2. The smallest absolute Gasteiger partial charge is 0.240 e. The molecule has 2 fully saturated rings. The number of nitrogens with zero attached hydrogens (tertiary/aromatic N) is 2. The van der Waals surface area contributed by atoms with Crippen LogP contribution in [0.25, 0.3) is 0 Å². The Morgan fingerprint density at radius 1 is 1.42 bits per heavy atom. The van der Waals surface area contributed by atoms with Gasteiger partial charge in [-0.2, -0.15) is 0 Å². The average Bonchev–Trinajstić information content (AvgIpc) is 3.07. The fraction of sp³-hybridized carbons (Fsp3) is 0.571. The Morgan fingerprint density at radius 2 is 2.21 bits per heavy atom. The zero-order valence-corrected chi connectivity index (χ0v) is 10.8. The Bertz CT molecular complexity index is 451. The molecular weight excluding hydrogens is 242 g/mol. The zero-order valence-electron chi connectivity index (χ0n) is 10.8. The average molecular weight is 261 g/mol. The van der Waals surface area contributed by atoms with Gasteiger partial charge in [0.15, 0.2) is 0 Å². The Balaban J connectivity index is 1.74. The maximum absolute atomic E-state index is 12.5. The lowest BCUT2D eigenvalue weighted by Crippen LogP contribution is -2.43. The first-order valence-electron chi connectivity index (χ1n) is 6.87. The molecule has 0 aromatic carbocycles. The van der Waals surface area contributed by atoms with Crippen molar-refractivity contribution in [2.75, 3.05) is 13.1 Å². The van der Waals surface area contributed by atoms with Crippen LogP contribution in [0.4, 0.5) is 0 Å². The number of hydrogen-bond acceptors (Lipinski definition) is 4. The second-order valence-electron chi connectivity index (χ2n) is 5.32. The minimum absolute atomic E-state index is 0.121. The number of carbonyl (C=O) groups excluding carboxylic acids is 1. The first-order valence-corrected chi connectivity index (χ1v) is 6.87. The van der Waals surface area contributed by atoms with Crippen molar-refractivity contribution in [3.63, 3.8) is 0 Å². The van der Waals surface area contributed by atoms with E-state index in [0.717, 1.165) is 24.9 Å². The number of aromatic nitrogens is 1. The predicted molar refractivity (Wildman–Crippen MR) is 70.3 cm³/mol. The van der Waals surface area contributed by atoms with Crippen LogP contribution >= 0.6 is 0 Å². The van der Waals surface area contributed by atoms with Crippen molar-refractivity contribution < 1.29 is 9.90 Å². The first kappa shape index (κ1) is 12.6. The first-order chi connectivity index (χ1) is 9.25. The van der Waals surface area contributed by atoms with Crippen molar-refractivity contribution in [1.29, 1.82) is 0 Å². The minimum atomic E-state index is -0.393. The Labute approximate surface area is 112 Å². The summed E-state index contributed by atoms with van der Waals surface area (Å²) < 4.78 is 0. The molecular formula is C14H19N3O2. The summed E-state index contributed by atoms with van der Waals surface area (Å²) in [5.74, 6) is 0.121. The molecule has 2 aliphatic rings. The molecule has 19 heavy (non-hydrogen) atoms. The van der Waals surface area contributed by atoms with E-state index in [2.05, 4.69) is 10.3 Å². The van der Waals surface area contributed by atoms with Crippen molar-refractivity contribution in [2.24, 2.45) is 0 Å². The molecule has 0 radical (unpaired) electrons. The van der Waals surface area contributed by atoms with Crippen LogP contribution in [0.5, 0.6) is 0 Å². The second kappa shape index (κ2) is 5.27. The highest BCUT2D eigenvalue weighted by atomic mass is 16.3. The van der Waals surface area contributed by atoms with Gasteiger partial charge >= 0.3 is 0 Å². The van der Waals surface area contributed by atoms with E-state index in [1.54, 1.807) is 12.4 Å². The van der Waals surface area contributed by atoms with Crippen molar-refractivity contribution in [1.82, 2.24) is 15.2 Å². The number of hydrogen-bond donors (Lipinski definition) is 2. The van der Waals surface area contributed by atoms with Gasteiger partial charge < -0.3 is 15.3 Å². The van der Waals surface area contributed by atoms with Crippen LogP contribution in [0.3, 0.4) is 0 Å². The normalized spacial score (nSPS) is 30.8. The molecule has 1 aromatic rings. The molecule has 0 saturated carbocycles. The third kappa shape index (κ3) is 2.48. The van der Waals surface area contributed by atoms with E-state index in [0.29, 0.717) is 13.0 Å². The van der Waals surface area contributed by atoms with E-state index in [-0.39, 0.29) is 18.0 Å². The van der Waals surface area contributed by atoms with Gasteiger partial charge in [0.05, 0.1) is 18.2 Å². The van der Waals surface area contributed by atoms with Gasteiger partial charge in [-0.25, -0.2) is 0 Å². The molecule has 102 valence electrons. The number of aliphatic hydroxyl groups excluding tert-OH is 1. The van der Waals surface area contributed by atoms with Crippen LogP contribution in [-0.2, 0) is 4.79 Å². The maximum atomic E-state index is 12.5. The van der Waals surface area contributed by atoms with Crippen molar-refractivity contribution in [3.05, 3.63) is 30.1 Å². The van der Waals surface area contributed by atoms with Crippen LogP contribution in [-0.4, -0.2) is 46.1 Å². The number of rotatable bonds is 2. The molecule has 2 saturated heterocycles. The lowest BCUT2D eigenvalue weighted by Gasteiger charge is -2.27. The summed E-state index contributed by atoms with van der Waals surface area (Å²) in [7, 11) is 0. The molecule has 0 aliphatic carbocycles. The molecule has 2 aliphatic heterocycles. The molecule has 3 rings (SSSR count). The fourth-order valence-electron chi connectivity index (χ4n) is 3.07. The number of β-amino-alcohol motifs (C(OH)–C–C–N with tert-alkyl or cyclic N) is 1. The van der Waals surface area contributed by atoms with E-state index < -0.39 is 6.10 Å². The van der Waals surface area contributed by atoms with Gasteiger partial charge in [-0.05, 0) is 37.0 Å². The van der Waals surface area contributed by atoms with Crippen LogP contribution in [0, 0.1) is 0 Å². The molecule has 3 unspecified atom stereocenters. The van der Waals surface area contributed by atoms with Crippen molar-refractivity contribution >= 4 is 5.91 Å². The minimum Gasteiger partial charge on any atom is -0.392 e. The van der Waals surface area contributed by atoms with Gasteiger partial charge in [0.25, 0.3) is 0 Å². The molecule has 5 heteroatoms. The molecule has 3 atom stereocenters. The van der Waals surface area contributed by atoms with E-state index >= 15 is 0 Å². The van der Waals surface area contributed by atoms with Crippen LogP contribution < -0.4 is 5.32 Å². The number of carbonyl (C=O) groups is 1. The summed E-state index contributed by atoms with van der Waals surface area (Å²) in [4.78, 5) is 18.5. The van der Waals surface area contributed by atoms with Gasteiger partial charge in [0.2, 0.25) is 5.91 Å². The van der Waals surface area contributed by atoms with Gasteiger partial charge in [0.1, 0.15) is 0 Å². The topological polar surface area (TPSA) is 65.5 Å². The molecule has 0 spiro atoms. The SMILES string of the molecule is O=C(C1CC(O)CN1)N1CCCC1c1ccncc1. The summed E-state index contributed by atoms with van der Waals surface area (Å²) in [6, 6.07) is 3.90. The van der Waals surface area contributed by atoms with Gasteiger partial charge in [0, 0.05) is 25.5 Å². The quantitative estimate of drug-likeness (QED) is 0.812. The van der Waals surface area contributed by atoms with Crippen LogP contribution in [0.1, 0.15) is 30.9 Å². The van der Waals surface area contributed by atoms with Crippen LogP contribution in [0.2, 0.25) is 0 Å². The highest BCUT2D eigenvalue weighted by molar-refractivity contribution is 5.83. The third-order valence-electron chi connectivity index (χ3n) is 4.03. The Morgan fingerprint density at radius 3 is 2.89 bits per heavy atom.